The van der Waals surface area contributed by atoms with Crippen molar-refractivity contribution in [3.63, 3.8) is 0 Å². The SMILES string of the molecule is Cc1cc(=O)c2cc3ccoc3c(OCC(O)CNC(C)C)c2o1. The second-order valence-electron chi connectivity index (χ2n) is 6.17. The summed E-state index contributed by atoms with van der Waals surface area (Å²) in [6.07, 6.45) is 0.842. The van der Waals surface area contributed by atoms with Crippen LogP contribution in [0.25, 0.3) is 21.9 Å². The molecule has 24 heavy (non-hydrogen) atoms. The number of nitrogens with one attached hydrogen (secondary N) is 1. The number of rotatable bonds is 6. The van der Waals surface area contributed by atoms with Gasteiger partial charge < -0.3 is 24.0 Å². The van der Waals surface area contributed by atoms with Crippen LogP contribution in [0.4, 0.5) is 0 Å². The first-order chi connectivity index (χ1) is 11.5. The summed E-state index contributed by atoms with van der Waals surface area (Å²) in [5, 5.41) is 14.4. The molecular formula is C18H21NO5. The van der Waals surface area contributed by atoms with E-state index in [2.05, 4.69) is 5.32 Å². The van der Waals surface area contributed by atoms with Gasteiger partial charge in [0.15, 0.2) is 16.6 Å². The van der Waals surface area contributed by atoms with E-state index in [-0.39, 0.29) is 18.1 Å². The van der Waals surface area contributed by atoms with Crippen LogP contribution in [0.5, 0.6) is 5.75 Å². The predicted octanol–water partition coefficient (Wildman–Crippen LogP) is 2.59. The Kier molecular flexibility index (Phi) is 4.59. The van der Waals surface area contributed by atoms with Gasteiger partial charge in [-0.25, -0.2) is 0 Å². The normalized spacial score (nSPS) is 13.0. The Morgan fingerprint density at radius 1 is 1.29 bits per heavy atom. The Bertz CT molecular complexity index is 909. The highest BCUT2D eigenvalue weighted by Gasteiger charge is 2.18. The van der Waals surface area contributed by atoms with Crippen LogP contribution >= 0.6 is 0 Å². The molecule has 0 radical (unpaired) electrons. The number of furan rings is 1. The van der Waals surface area contributed by atoms with Crippen molar-refractivity contribution in [1.29, 1.82) is 0 Å². The van der Waals surface area contributed by atoms with Crippen LogP contribution in [0.3, 0.4) is 0 Å². The van der Waals surface area contributed by atoms with Crippen LogP contribution in [0.15, 0.2) is 38.1 Å². The molecule has 128 valence electrons. The summed E-state index contributed by atoms with van der Waals surface area (Å²) in [6.45, 7) is 6.18. The van der Waals surface area contributed by atoms with Crippen molar-refractivity contribution in [2.45, 2.75) is 32.9 Å². The van der Waals surface area contributed by atoms with Crippen molar-refractivity contribution < 1.29 is 18.7 Å². The summed E-state index contributed by atoms with van der Waals surface area (Å²) in [5.74, 6) is 0.835. The van der Waals surface area contributed by atoms with Gasteiger partial charge in [0.25, 0.3) is 0 Å². The number of aryl methyl sites for hydroxylation is 1. The molecular weight excluding hydrogens is 310 g/mol. The summed E-state index contributed by atoms with van der Waals surface area (Å²) >= 11 is 0. The molecule has 6 heteroatoms. The van der Waals surface area contributed by atoms with Gasteiger partial charge in [0.05, 0.1) is 11.6 Å². The van der Waals surface area contributed by atoms with Gasteiger partial charge in [0, 0.05) is 24.0 Å². The van der Waals surface area contributed by atoms with Crippen LogP contribution in [0.1, 0.15) is 19.6 Å². The molecule has 2 aromatic heterocycles. The molecule has 3 aromatic rings. The van der Waals surface area contributed by atoms with Crippen LogP contribution in [-0.4, -0.2) is 30.4 Å². The van der Waals surface area contributed by atoms with E-state index in [0.717, 1.165) is 5.39 Å². The highest BCUT2D eigenvalue weighted by Crippen LogP contribution is 2.34. The summed E-state index contributed by atoms with van der Waals surface area (Å²) in [7, 11) is 0. The van der Waals surface area contributed by atoms with Gasteiger partial charge in [-0.3, -0.25) is 4.79 Å². The van der Waals surface area contributed by atoms with E-state index in [0.29, 0.717) is 34.6 Å². The van der Waals surface area contributed by atoms with Gasteiger partial charge in [-0.1, -0.05) is 13.8 Å². The highest BCUT2D eigenvalue weighted by molar-refractivity contribution is 5.99. The minimum absolute atomic E-state index is 0.0618. The number of ether oxygens (including phenoxy) is 1. The maximum Gasteiger partial charge on any atom is 0.206 e. The van der Waals surface area contributed by atoms with Crippen LogP contribution < -0.4 is 15.5 Å². The lowest BCUT2D eigenvalue weighted by atomic mass is 10.1. The summed E-state index contributed by atoms with van der Waals surface area (Å²) in [6, 6.07) is 5.20. The zero-order chi connectivity index (χ0) is 17.3. The molecule has 1 atom stereocenters. The Balaban J connectivity index is 1.98. The van der Waals surface area contributed by atoms with Gasteiger partial charge in [-0.2, -0.15) is 0 Å². The minimum Gasteiger partial charge on any atom is -0.484 e. The number of hydrogen-bond acceptors (Lipinski definition) is 6. The first-order valence-electron chi connectivity index (χ1n) is 7.94. The van der Waals surface area contributed by atoms with Crippen molar-refractivity contribution in [2.75, 3.05) is 13.2 Å². The van der Waals surface area contributed by atoms with Crippen LogP contribution in [0, 0.1) is 6.92 Å². The fraction of sp³-hybridized carbons (Fsp3) is 0.389. The van der Waals surface area contributed by atoms with Crippen molar-refractivity contribution in [3.05, 3.63) is 40.4 Å². The van der Waals surface area contributed by atoms with E-state index >= 15 is 0 Å². The zero-order valence-corrected chi connectivity index (χ0v) is 14.0. The topological polar surface area (TPSA) is 84.8 Å². The molecule has 2 N–H and O–H groups in total. The summed E-state index contributed by atoms with van der Waals surface area (Å²) in [4.78, 5) is 12.2. The summed E-state index contributed by atoms with van der Waals surface area (Å²) in [5.41, 5.74) is 0.704. The van der Waals surface area contributed by atoms with E-state index in [9.17, 15) is 9.90 Å². The first kappa shape index (κ1) is 16.5. The fourth-order valence-corrected chi connectivity index (χ4v) is 2.54. The third-order valence-electron chi connectivity index (χ3n) is 3.70. The van der Waals surface area contributed by atoms with Crippen molar-refractivity contribution >= 4 is 21.9 Å². The van der Waals surface area contributed by atoms with E-state index < -0.39 is 6.10 Å². The number of aliphatic hydroxyl groups excluding tert-OH is 1. The minimum atomic E-state index is -0.691. The average Bonchev–Trinajstić information content (AvgIpc) is 2.98. The van der Waals surface area contributed by atoms with Gasteiger partial charge >= 0.3 is 0 Å². The number of benzene rings is 1. The monoisotopic (exact) mass is 331 g/mol. The average molecular weight is 331 g/mol. The Hall–Kier alpha value is -2.31. The molecule has 0 bridgehead atoms. The first-order valence-corrected chi connectivity index (χ1v) is 7.94. The Morgan fingerprint density at radius 2 is 2.08 bits per heavy atom. The van der Waals surface area contributed by atoms with Crippen molar-refractivity contribution in [2.24, 2.45) is 0 Å². The molecule has 6 nitrogen and oxygen atoms in total. The third kappa shape index (κ3) is 3.29. The maximum atomic E-state index is 12.2. The van der Waals surface area contributed by atoms with Gasteiger partial charge in [-0.15, -0.1) is 0 Å². The molecule has 0 saturated carbocycles. The Labute approximate surface area is 139 Å². The van der Waals surface area contributed by atoms with E-state index in [4.69, 9.17) is 13.6 Å². The quantitative estimate of drug-likeness (QED) is 0.722. The fourth-order valence-electron chi connectivity index (χ4n) is 2.54. The van der Waals surface area contributed by atoms with Gasteiger partial charge in [0.1, 0.15) is 18.5 Å². The molecule has 1 unspecified atom stereocenters. The molecule has 0 aliphatic heterocycles. The van der Waals surface area contributed by atoms with Crippen molar-refractivity contribution in [1.82, 2.24) is 5.32 Å². The van der Waals surface area contributed by atoms with E-state index in [1.165, 1.54) is 12.3 Å². The van der Waals surface area contributed by atoms with Crippen LogP contribution in [0.2, 0.25) is 0 Å². The molecule has 0 amide bonds. The second kappa shape index (κ2) is 6.67. The van der Waals surface area contributed by atoms with Crippen molar-refractivity contribution in [3.8, 4) is 5.75 Å². The second-order valence-corrected chi connectivity index (χ2v) is 6.17. The van der Waals surface area contributed by atoms with E-state index in [1.807, 2.05) is 13.8 Å². The van der Waals surface area contributed by atoms with Crippen LogP contribution in [-0.2, 0) is 0 Å². The number of fused-ring (bicyclic) bond motifs is 2. The van der Waals surface area contributed by atoms with E-state index in [1.54, 1.807) is 19.1 Å². The molecule has 2 heterocycles. The zero-order valence-electron chi connectivity index (χ0n) is 14.0. The molecule has 0 saturated heterocycles. The van der Waals surface area contributed by atoms with Gasteiger partial charge in [0.2, 0.25) is 5.75 Å². The molecule has 0 aliphatic carbocycles. The maximum absolute atomic E-state index is 12.2. The molecule has 0 fully saturated rings. The van der Waals surface area contributed by atoms with Gasteiger partial charge in [-0.05, 0) is 19.1 Å². The molecule has 3 rings (SSSR count). The largest absolute Gasteiger partial charge is 0.484 e. The smallest absolute Gasteiger partial charge is 0.206 e. The summed E-state index contributed by atoms with van der Waals surface area (Å²) < 4.78 is 17.0. The molecule has 0 aliphatic rings. The highest BCUT2D eigenvalue weighted by atomic mass is 16.5. The third-order valence-corrected chi connectivity index (χ3v) is 3.70. The molecule has 0 spiro atoms. The lowest BCUT2D eigenvalue weighted by molar-refractivity contribution is 0.105. The standard InChI is InChI=1S/C18H21NO5/c1-10(2)19-8-13(20)9-23-18-16-12(4-5-22-16)7-14-15(21)6-11(3)24-17(14)18/h4-7,10,13,19-20H,8-9H2,1-3H3. The Morgan fingerprint density at radius 3 is 2.83 bits per heavy atom. The lowest BCUT2D eigenvalue weighted by Gasteiger charge is -2.15. The number of hydrogen-bond donors (Lipinski definition) is 2. The number of aliphatic hydroxyl groups is 1. The predicted molar refractivity (Wildman–Crippen MR) is 91.6 cm³/mol. The lowest BCUT2D eigenvalue weighted by Crippen LogP contribution is -2.35. The molecule has 1 aromatic carbocycles.